The van der Waals surface area contributed by atoms with Gasteiger partial charge in [-0.1, -0.05) is 0 Å². The summed E-state index contributed by atoms with van der Waals surface area (Å²) < 4.78 is 0. The van der Waals surface area contributed by atoms with Crippen molar-refractivity contribution in [2.45, 2.75) is 6.92 Å². The van der Waals surface area contributed by atoms with Gasteiger partial charge in [-0.05, 0) is 36.8 Å². The molecule has 0 aliphatic heterocycles. The van der Waals surface area contributed by atoms with Crippen molar-refractivity contribution in [1.29, 1.82) is 0 Å². The Hall–Kier alpha value is -1.57. The van der Waals surface area contributed by atoms with Crippen LogP contribution < -0.4 is 5.73 Å². The molecule has 0 amide bonds. The van der Waals surface area contributed by atoms with Gasteiger partial charge >= 0.3 is 0 Å². The average Bonchev–Trinajstić information content (AvgIpc) is 2.04. The Morgan fingerprint density at radius 1 is 1.33 bits per heavy atom. The molecule has 0 atom stereocenters. The summed E-state index contributed by atoms with van der Waals surface area (Å²) in [6.45, 7) is 2.02. The molecule has 0 spiro atoms. The minimum atomic E-state index is 0.804. The zero-order valence-electron chi connectivity index (χ0n) is 6.91. The molecule has 2 heteroatoms. The van der Waals surface area contributed by atoms with E-state index in [2.05, 4.69) is 4.98 Å². The van der Waals surface area contributed by atoms with Crippen LogP contribution in [-0.4, -0.2) is 4.98 Å². The number of nitrogen functional groups attached to an aromatic ring is 1. The summed E-state index contributed by atoms with van der Waals surface area (Å²) in [6.07, 6.45) is 1.78. The van der Waals surface area contributed by atoms with Crippen molar-refractivity contribution in [3.8, 4) is 0 Å². The minimum Gasteiger partial charge on any atom is -0.398 e. The molecule has 12 heavy (non-hydrogen) atoms. The lowest BCUT2D eigenvalue weighted by atomic mass is 10.1. The maximum Gasteiger partial charge on any atom is 0.0725 e. The second-order valence-corrected chi connectivity index (χ2v) is 2.92. The predicted molar refractivity (Wildman–Crippen MR) is 50.9 cm³/mol. The van der Waals surface area contributed by atoms with E-state index < -0.39 is 0 Å². The maximum atomic E-state index is 5.82. The molecule has 2 rings (SSSR count). The summed E-state index contributed by atoms with van der Waals surface area (Å²) in [5.41, 5.74) is 8.74. The molecule has 0 saturated carbocycles. The van der Waals surface area contributed by atoms with Gasteiger partial charge in [-0.15, -0.1) is 0 Å². The average molecular weight is 158 g/mol. The van der Waals surface area contributed by atoms with E-state index in [0.717, 1.165) is 22.2 Å². The van der Waals surface area contributed by atoms with E-state index in [1.54, 1.807) is 6.20 Å². The van der Waals surface area contributed by atoms with Gasteiger partial charge in [-0.2, -0.15) is 0 Å². The van der Waals surface area contributed by atoms with Crippen molar-refractivity contribution in [1.82, 2.24) is 4.98 Å². The second-order valence-electron chi connectivity index (χ2n) is 2.92. The molecule has 1 heterocycles. The van der Waals surface area contributed by atoms with Crippen LogP contribution in [-0.2, 0) is 0 Å². The van der Waals surface area contributed by atoms with E-state index in [4.69, 9.17) is 5.73 Å². The summed E-state index contributed by atoms with van der Waals surface area (Å²) in [6, 6.07) is 7.88. The molecule has 0 aliphatic carbocycles. The first-order valence-corrected chi connectivity index (χ1v) is 3.88. The molecule has 60 valence electrons. The van der Waals surface area contributed by atoms with Gasteiger partial charge in [-0.25, -0.2) is 0 Å². The summed E-state index contributed by atoms with van der Waals surface area (Å²) in [5, 5.41) is 1.03. The lowest BCUT2D eigenvalue weighted by Gasteiger charge is -2.01. The van der Waals surface area contributed by atoms with Gasteiger partial charge < -0.3 is 5.73 Å². The van der Waals surface area contributed by atoms with Gasteiger partial charge in [0.25, 0.3) is 0 Å². The molecule has 2 aromatic rings. The van der Waals surface area contributed by atoms with Crippen LogP contribution in [0.4, 0.5) is 5.69 Å². The third-order valence-electron chi connectivity index (χ3n) is 1.90. The first-order chi connectivity index (χ1) is 5.77. The van der Waals surface area contributed by atoms with E-state index in [1.807, 2.05) is 31.2 Å². The van der Waals surface area contributed by atoms with E-state index in [0.29, 0.717) is 0 Å². The highest BCUT2D eigenvalue weighted by atomic mass is 14.7. The Labute approximate surface area is 71.0 Å². The van der Waals surface area contributed by atoms with Crippen molar-refractivity contribution < 1.29 is 0 Å². The van der Waals surface area contributed by atoms with E-state index in [1.165, 1.54) is 0 Å². The van der Waals surface area contributed by atoms with Gasteiger partial charge in [0.05, 0.1) is 5.52 Å². The number of hydrogen-bond donors (Lipinski definition) is 1. The van der Waals surface area contributed by atoms with Crippen molar-refractivity contribution in [3.63, 3.8) is 0 Å². The molecule has 0 radical (unpaired) electrons. The first kappa shape index (κ1) is 7.10. The predicted octanol–water partition coefficient (Wildman–Crippen LogP) is 2.13. The highest BCUT2D eigenvalue weighted by molar-refractivity contribution is 5.90. The molecule has 0 fully saturated rings. The lowest BCUT2D eigenvalue weighted by molar-refractivity contribution is 1.39. The van der Waals surface area contributed by atoms with Crippen LogP contribution in [0.15, 0.2) is 30.5 Å². The maximum absolute atomic E-state index is 5.82. The number of nitrogens with two attached hydrogens (primary N) is 1. The summed E-state index contributed by atoms with van der Waals surface area (Å²) in [5.74, 6) is 0. The summed E-state index contributed by atoms with van der Waals surface area (Å²) >= 11 is 0. The number of rotatable bonds is 0. The molecular formula is C10H10N2. The standard InChI is InChI=1S/C10H10N2/c1-7-5-9(11)8-3-2-4-12-10(8)6-7/h2-6H,11H2,1H3. The Kier molecular flexibility index (Phi) is 1.47. The highest BCUT2D eigenvalue weighted by Crippen LogP contribution is 2.20. The van der Waals surface area contributed by atoms with E-state index >= 15 is 0 Å². The molecule has 2 N–H and O–H groups in total. The third-order valence-corrected chi connectivity index (χ3v) is 1.90. The Bertz CT molecular complexity index is 421. The van der Waals surface area contributed by atoms with Crippen LogP contribution in [0.2, 0.25) is 0 Å². The van der Waals surface area contributed by atoms with Gasteiger partial charge in [0.15, 0.2) is 0 Å². The molecular weight excluding hydrogens is 148 g/mol. The molecule has 1 aromatic carbocycles. The van der Waals surface area contributed by atoms with Gasteiger partial charge in [0, 0.05) is 17.3 Å². The van der Waals surface area contributed by atoms with Crippen LogP contribution in [0, 0.1) is 6.92 Å². The van der Waals surface area contributed by atoms with Crippen LogP contribution in [0.3, 0.4) is 0 Å². The fraction of sp³-hybridized carbons (Fsp3) is 0.100. The Morgan fingerprint density at radius 2 is 2.17 bits per heavy atom. The van der Waals surface area contributed by atoms with Crippen molar-refractivity contribution in [3.05, 3.63) is 36.0 Å². The van der Waals surface area contributed by atoms with Gasteiger partial charge in [-0.3, -0.25) is 4.98 Å². The SMILES string of the molecule is Cc1cc(N)c2cccnc2c1. The number of hydrogen-bond acceptors (Lipinski definition) is 2. The fourth-order valence-corrected chi connectivity index (χ4v) is 1.36. The summed E-state index contributed by atoms with van der Waals surface area (Å²) in [4.78, 5) is 4.22. The number of anilines is 1. The Morgan fingerprint density at radius 3 is 3.00 bits per heavy atom. The quantitative estimate of drug-likeness (QED) is 0.596. The van der Waals surface area contributed by atoms with E-state index in [9.17, 15) is 0 Å². The normalized spacial score (nSPS) is 10.4. The van der Waals surface area contributed by atoms with Crippen LogP contribution >= 0.6 is 0 Å². The number of benzene rings is 1. The zero-order valence-corrected chi connectivity index (χ0v) is 6.91. The third kappa shape index (κ3) is 1.01. The fourth-order valence-electron chi connectivity index (χ4n) is 1.36. The molecule has 1 aromatic heterocycles. The number of pyridine rings is 1. The Balaban J connectivity index is 2.89. The smallest absolute Gasteiger partial charge is 0.0725 e. The molecule has 2 nitrogen and oxygen atoms in total. The van der Waals surface area contributed by atoms with E-state index in [-0.39, 0.29) is 0 Å². The number of fused-ring (bicyclic) bond motifs is 1. The zero-order chi connectivity index (χ0) is 8.55. The van der Waals surface area contributed by atoms with Crippen LogP contribution in [0.25, 0.3) is 10.9 Å². The second kappa shape index (κ2) is 2.48. The van der Waals surface area contributed by atoms with Crippen LogP contribution in [0.5, 0.6) is 0 Å². The lowest BCUT2D eigenvalue weighted by Crippen LogP contribution is -1.89. The van der Waals surface area contributed by atoms with Crippen LogP contribution in [0.1, 0.15) is 5.56 Å². The summed E-state index contributed by atoms with van der Waals surface area (Å²) in [7, 11) is 0. The first-order valence-electron chi connectivity index (χ1n) is 3.88. The monoisotopic (exact) mass is 158 g/mol. The largest absolute Gasteiger partial charge is 0.398 e. The number of nitrogens with zero attached hydrogens (tertiary/aromatic N) is 1. The molecule has 0 bridgehead atoms. The number of aromatic nitrogens is 1. The highest BCUT2D eigenvalue weighted by Gasteiger charge is 1.97. The molecule has 0 unspecified atom stereocenters. The topological polar surface area (TPSA) is 38.9 Å². The minimum absolute atomic E-state index is 0.804. The van der Waals surface area contributed by atoms with Crippen molar-refractivity contribution in [2.24, 2.45) is 0 Å². The van der Waals surface area contributed by atoms with Gasteiger partial charge in [0.2, 0.25) is 0 Å². The number of aryl methyl sites for hydroxylation is 1. The molecule has 0 saturated heterocycles. The van der Waals surface area contributed by atoms with Crippen molar-refractivity contribution in [2.75, 3.05) is 5.73 Å². The van der Waals surface area contributed by atoms with Gasteiger partial charge in [0.1, 0.15) is 0 Å². The van der Waals surface area contributed by atoms with Crippen molar-refractivity contribution >= 4 is 16.6 Å². The molecule has 0 aliphatic rings.